The van der Waals surface area contributed by atoms with Gasteiger partial charge in [0.2, 0.25) is 0 Å². The number of ether oxygens (including phenoxy) is 1. The van der Waals surface area contributed by atoms with Gasteiger partial charge in [-0.3, -0.25) is 0 Å². The summed E-state index contributed by atoms with van der Waals surface area (Å²) in [6, 6.07) is 0.450. The van der Waals surface area contributed by atoms with E-state index in [4.69, 9.17) is 4.74 Å². The molecule has 0 aromatic heterocycles. The average molecular weight is 271 g/mol. The Kier molecular flexibility index (Phi) is 10.6. The molecular formula is C17H37NO. The molecule has 0 saturated heterocycles. The largest absolute Gasteiger partial charge is 0.377 e. The molecule has 0 aliphatic carbocycles. The first kappa shape index (κ1) is 18.9. The molecule has 116 valence electrons. The lowest BCUT2D eigenvalue weighted by Gasteiger charge is -2.32. The number of hydrogen-bond donors (Lipinski definition) is 1. The Morgan fingerprint density at radius 3 is 2.21 bits per heavy atom. The highest BCUT2D eigenvalue weighted by atomic mass is 16.5. The highest BCUT2D eigenvalue weighted by Gasteiger charge is 2.24. The quantitative estimate of drug-likeness (QED) is 0.546. The van der Waals surface area contributed by atoms with Crippen molar-refractivity contribution >= 4 is 0 Å². The molecule has 2 unspecified atom stereocenters. The van der Waals surface area contributed by atoms with Gasteiger partial charge in [0.25, 0.3) is 0 Å². The SMILES string of the molecule is CCCCCCC(C)OCC(NCCC)C(C)(C)C. The van der Waals surface area contributed by atoms with Gasteiger partial charge in [0, 0.05) is 6.04 Å². The Bertz CT molecular complexity index is 198. The van der Waals surface area contributed by atoms with Crippen molar-refractivity contribution in [3.8, 4) is 0 Å². The maximum atomic E-state index is 6.05. The van der Waals surface area contributed by atoms with Crippen LogP contribution in [0.3, 0.4) is 0 Å². The first-order valence-corrected chi connectivity index (χ1v) is 8.26. The van der Waals surface area contributed by atoms with E-state index in [1.165, 1.54) is 38.5 Å². The molecule has 0 fully saturated rings. The van der Waals surface area contributed by atoms with Gasteiger partial charge in [0.15, 0.2) is 0 Å². The lowest BCUT2D eigenvalue weighted by atomic mass is 9.87. The average Bonchev–Trinajstić information content (AvgIpc) is 2.33. The minimum absolute atomic E-state index is 0.261. The third-order valence-corrected chi connectivity index (χ3v) is 3.70. The topological polar surface area (TPSA) is 21.3 Å². The molecule has 0 radical (unpaired) electrons. The first-order chi connectivity index (χ1) is 8.91. The van der Waals surface area contributed by atoms with E-state index in [9.17, 15) is 0 Å². The summed E-state index contributed by atoms with van der Waals surface area (Å²) >= 11 is 0. The van der Waals surface area contributed by atoms with Gasteiger partial charge in [-0.05, 0) is 31.7 Å². The van der Waals surface area contributed by atoms with Crippen molar-refractivity contribution < 1.29 is 4.74 Å². The van der Waals surface area contributed by atoms with Crippen molar-refractivity contribution in [1.82, 2.24) is 5.32 Å². The molecule has 0 bridgehead atoms. The van der Waals surface area contributed by atoms with E-state index in [2.05, 4.69) is 46.9 Å². The molecule has 0 spiro atoms. The third kappa shape index (κ3) is 10.4. The number of rotatable bonds is 11. The van der Waals surface area contributed by atoms with Gasteiger partial charge in [0.05, 0.1) is 12.7 Å². The molecule has 2 heteroatoms. The summed E-state index contributed by atoms with van der Waals surface area (Å²) in [6.45, 7) is 15.5. The molecule has 0 aliphatic heterocycles. The number of unbranched alkanes of at least 4 members (excludes halogenated alkanes) is 3. The van der Waals surface area contributed by atoms with Crippen LogP contribution in [0.2, 0.25) is 0 Å². The van der Waals surface area contributed by atoms with Gasteiger partial charge >= 0.3 is 0 Å². The zero-order valence-corrected chi connectivity index (χ0v) is 14.2. The summed E-state index contributed by atoms with van der Waals surface area (Å²) in [4.78, 5) is 0. The van der Waals surface area contributed by atoms with E-state index in [0.29, 0.717) is 12.1 Å². The summed E-state index contributed by atoms with van der Waals surface area (Å²) in [7, 11) is 0. The van der Waals surface area contributed by atoms with Crippen LogP contribution in [0.5, 0.6) is 0 Å². The highest BCUT2D eigenvalue weighted by molar-refractivity contribution is 4.80. The monoisotopic (exact) mass is 271 g/mol. The van der Waals surface area contributed by atoms with E-state index in [1.807, 2.05) is 0 Å². The Balaban J connectivity index is 3.89. The van der Waals surface area contributed by atoms with E-state index in [0.717, 1.165) is 13.2 Å². The van der Waals surface area contributed by atoms with Gasteiger partial charge < -0.3 is 10.1 Å². The summed E-state index contributed by atoms with van der Waals surface area (Å²) in [6.07, 6.45) is 8.09. The molecule has 0 saturated carbocycles. The summed E-state index contributed by atoms with van der Waals surface area (Å²) in [5.41, 5.74) is 0.261. The fourth-order valence-electron chi connectivity index (χ4n) is 2.14. The zero-order valence-electron chi connectivity index (χ0n) is 14.2. The smallest absolute Gasteiger partial charge is 0.0628 e. The summed E-state index contributed by atoms with van der Waals surface area (Å²) < 4.78 is 6.05. The zero-order chi connectivity index (χ0) is 14.7. The second kappa shape index (κ2) is 10.7. The predicted octanol–water partition coefficient (Wildman–Crippen LogP) is 4.78. The highest BCUT2D eigenvalue weighted by Crippen LogP contribution is 2.20. The first-order valence-electron chi connectivity index (χ1n) is 8.26. The van der Waals surface area contributed by atoms with Gasteiger partial charge in [-0.2, -0.15) is 0 Å². The van der Waals surface area contributed by atoms with Crippen LogP contribution in [-0.2, 0) is 4.74 Å². The molecular weight excluding hydrogens is 234 g/mol. The van der Waals surface area contributed by atoms with Crippen LogP contribution in [0.25, 0.3) is 0 Å². The van der Waals surface area contributed by atoms with Crippen molar-refractivity contribution in [3.63, 3.8) is 0 Å². The standard InChI is InChI=1S/C17H37NO/c1-7-9-10-11-12-15(3)19-14-16(17(4,5)6)18-13-8-2/h15-16,18H,7-14H2,1-6H3. The van der Waals surface area contributed by atoms with Crippen LogP contribution in [-0.4, -0.2) is 25.3 Å². The maximum Gasteiger partial charge on any atom is 0.0628 e. The van der Waals surface area contributed by atoms with Crippen molar-refractivity contribution in [2.45, 2.75) is 92.2 Å². The van der Waals surface area contributed by atoms with Crippen LogP contribution in [0.4, 0.5) is 0 Å². The fraction of sp³-hybridized carbons (Fsp3) is 1.00. The predicted molar refractivity (Wildman–Crippen MR) is 85.7 cm³/mol. The maximum absolute atomic E-state index is 6.05. The van der Waals surface area contributed by atoms with Gasteiger partial charge in [0.1, 0.15) is 0 Å². The van der Waals surface area contributed by atoms with E-state index >= 15 is 0 Å². The Morgan fingerprint density at radius 1 is 1.00 bits per heavy atom. The van der Waals surface area contributed by atoms with Crippen LogP contribution >= 0.6 is 0 Å². The minimum Gasteiger partial charge on any atom is -0.377 e. The number of hydrogen-bond acceptors (Lipinski definition) is 2. The Morgan fingerprint density at radius 2 is 1.68 bits per heavy atom. The minimum atomic E-state index is 0.261. The second-order valence-corrected chi connectivity index (χ2v) is 6.87. The molecule has 0 rings (SSSR count). The molecule has 2 nitrogen and oxygen atoms in total. The van der Waals surface area contributed by atoms with Crippen molar-refractivity contribution in [3.05, 3.63) is 0 Å². The second-order valence-electron chi connectivity index (χ2n) is 6.87. The Labute approximate surface area is 121 Å². The van der Waals surface area contributed by atoms with Crippen LogP contribution < -0.4 is 5.32 Å². The third-order valence-electron chi connectivity index (χ3n) is 3.70. The molecule has 0 amide bonds. The lowest BCUT2D eigenvalue weighted by Crippen LogP contribution is -2.44. The van der Waals surface area contributed by atoms with E-state index in [-0.39, 0.29) is 5.41 Å². The normalized spacial score (nSPS) is 15.5. The van der Waals surface area contributed by atoms with E-state index in [1.54, 1.807) is 0 Å². The molecule has 0 aliphatic rings. The molecule has 1 N–H and O–H groups in total. The Hall–Kier alpha value is -0.0800. The van der Waals surface area contributed by atoms with Crippen LogP contribution in [0.1, 0.15) is 80.1 Å². The lowest BCUT2D eigenvalue weighted by molar-refractivity contribution is 0.0213. The molecule has 19 heavy (non-hydrogen) atoms. The number of nitrogens with one attached hydrogen (secondary N) is 1. The van der Waals surface area contributed by atoms with Gasteiger partial charge in [-0.1, -0.05) is 60.3 Å². The fourth-order valence-corrected chi connectivity index (χ4v) is 2.14. The molecule has 0 aromatic carbocycles. The van der Waals surface area contributed by atoms with Crippen LogP contribution in [0, 0.1) is 5.41 Å². The van der Waals surface area contributed by atoms with Gasteiger partial charge in [-0.15, -0.1) is 0 Å². The molecule has 0 aromatic rings. The summed E-state index contributed by atoms with van der Waals surface area (Å²) in [5, 5.41) is 3.62. The van der Waals surface area contributed by atoms with Crippen molar-refractivity contribution in [1.29, 1.82) is 0 Å². The van der Waals surface area contributed by atoms with E-state index < -0.39 is 0 Å². The van der Waals surface area contributed by atoms with Crippen molar-refractivity contribution in [2.75, 3.05) is 13.2 Å². The molecule has 2 atom stereocenters. The van der Waals surface area contributed by atoms with Crippen LogP contribution in [0.15, 0.2) is 0 Å². The summed E-state index contributed by atoms with van der Waals surface area (Å²) in [5.74, 6) is 0. The van der Waals surface area contributed by atoms with Crippen molar-refractivity contribution in [2.24, 2.45) is 5.41 Å². The molecule has 0 heterocycles. The van der Waals surface area contributed by atoms with Gasteiger partial charge in [-0.25, -0.2) is 0 Å².